The summed E-state index contributed by atoms with van der Waals surface area (Å²) in [7, 11) is -1.91. The van der Waals surface area contributed by atoms with Crippen molar-refractivity contribution in [3.8, 4) is 0 Å². The van der Waals surface area contributed by atoms with Crippen molar-refractivity contribution in [2.24, 2.45) is 7.05 Å². The van der Waals surface area contributed by atoms with Gasteiger partial charge >= 0.3 is 0 Å². The second kappa shape index (κ2) is 5.50. The highest BCUT2D eigenvalue weighted by Gasteiger charge is 2.19. The van der Waals surface area contributed by atoms with Crippen LogP contribution in [0, 0.1) is 0 Å². The molecule has 0 atom stereocenters. The average molecular weight is 320 g/mol. The number of aromatic nitrogens is 2. The summed E-state index contributed by atoms with van der Waals surface area (Å²) in [5.41, 5.74) is 0.615. The zero-order valence-electron chi connectivity index (χ0n) is 9.97. The van der Waals surface area contributed by atoms with Crippen molar-refractivity contribution in [3.05, 3.63) is 46.5 Å². The van der Waals surface area contributed by atoms with Crippen LogP contribution in [0.25, 0.3) is 0 Å². The van der Waals surface area contributed by atoms with E-state index in [1.54, 1.807) is 24.1 Å². The normalized spacial score (nSPS) is 11.7. The first-order chi connectivity index (χ1) is 8.90. The highest BCUT2D eigenvalue weighted by Crippen LogP contribution is 2.28. The van der Waals surface area contributed by atoms with E-state index in [2.05, 4.69) is 9.71 Å². The van der Waals surface area contributed by atoms with Crippen LogP contribution in [0.5, 0.6) is 0 Å². The van der Waals surface area contributed by atoms with Crippen molar-refractivity contribution in [1.82, 2.24) is 14.3 Å². The summed E-state index contributed by atoms with van der Waals surface area (Å²) in [6.45, 7) is 0.0893. The number of nitrogens with one attached hydrogen (secondary N) is 1. The van der Waals surface area contributed by atoms with Crippen LogP contribution < -0.4 is 4.72 Å². The largest absolute Gasteiger partial charge is 0.340 e. The van der Waals surface area contributed by atoms with E-state index in [0.29, 0.717) is 5.69 Å². The molecule has 0 aliphatic carbocycles. The molecular formula is C11H11Cl2N3O2S. The van der Waals surface area contributed by atoms with Gasteiger partial charge in [0.1, 0.15) is 4.90 Å². The molecule has 0 aliphatic heterocycles. The monoisotopic (exact) mass is 319 g/mol. The van der Waals surface area contributed by atoms with Crippen LogP contribution >= 0.6 is 23.2 Å². The molecule has 0 spiro atoms. The third-order valence-electron chi connectivity index (χ3n) is 2.41. The Hall–Kier alpha value is -1.08. The van der Waals surface area contributed by atoms with Gasteiger partial charge in [-0.1, -0.05) is 29.3 Å². The van der Waals surface area contributed by atoms with Gasteiger partial charge in [-0.2, -0.15) is 0 Å². The minimum atomic E-state index is -3.72. The van der Waals surface area contributed by atoms with E-state index in [4.69, 9.17) is 23.2 Å². The SMILES string of the molecule is Cn1cnc(CNS(=O)(=O)c2cccc(Cl)c2Cl)c1. The Labute approximate surface area is 121 Å². The number of rotatable bonds is 4. The molecule has 5 nitrogen and oxygen atoms in total. The Bertz CT molecular complexity index is 698. The number of aryl methyl sites for hydroxylation is 1. The Morgan fingerprint density at radius 2 is 2.11 bits per heavy atom. The predicted octanol–water partition coefficient (Wildman–Crippen LogP) is 2.21. The van der Waals surface area contributed by atoms with Gasteiger partial charge in [0.25, 0.3) is 0 Å². The van der Waals surface area contributed by atoms with Gasteiger partial charge in [0.05, 0.1) is 28.6 Å². The van der Waals surface area contributed by atoms with Gasteiger partial charge in [0, 0.05) is 13.2 Å². The quantitative estimate of drug-likeness (QED) is 0.939. The first kappa shape index (κ1) is 14.3. The maximum absolute atomic E-state index is 12.1. The summed E-state index contributed by atoms with van der Waals surface area (Å²) in [6, 6.07) is 4.46. The number of hydrogen-bond donors (Lipinski definition) is 1. The molecule has 0 unspecified atom stereocenters. The minimum absolute atomic E-state index is 0.0117. The number of halogens is 2. The topological polar surface area (TPSA) is 64.0 Å². The fourth-order valence-electron chi connectivity index (χ4n) is 1.50. The molecule has 0 bridgehead atoms. The van der Waals surface area contributed by atoms with Crippen LogP contribution in [0.3, 0.4) is 0 Å². The lowest BCUT2D eigenvalue weighted by Crippen LogP contribution is -2.23. The molecule has 0 radical (unpaired) electrons. The maximum atomic E-state index is 12.1. The van der Waals surface area contributed by atoms with Gasteiger partial charge in [-0.3, -0.25) is 0 Å². The summed E-state index contributed by atoms with van der Waals surface area (Å²) in [4.78, 5) is 3.99. The molecule has 1 aromatic carbocycles. The van der Waals surface area contributed by atoms with E-state index in [0.717, 1.165) is 0 Å². The first-order valence-electron chi connectivity index (χ1n) is 5.30. The molecule has 0 fully saturated rings. The molecule has 1 aromatic heterocycles. The zero-order chi connectivity index (χ0) is 14.0. The van der Waals surface area contributed by atoms with E-state index >= 15 is 0 Å². The molecular weight excluding hydrogens is 309 g/mol. The van der Waals surface area contributed by atoms with E-state index in [1.165, 1.54) is 18.2 Å². The van der Waals surface area contributed by atoms with Crippen LogP contribution in [0.15, 0.2) is 35.6 Å². The molecule has 0 amide bonds. The molecule has 0 aliphatic rings. The van der Waals surface area contributed by atoms with Gasteiger partial charge in [0.15, 0.2) is 0 Å². The standard InChI is InChI=1S/C11H11Cl2N3O2S/c1-16-6-8(14-7-16)5-15-19(17,18)10-4-2-3-9(12)11(10)13/h2-4,6-7,15H,5H2,1H3. The first-order valence-corrected chi connectivity index (χ1v) is 7.54. The zero-order valence-corrected chi connectivity index (χ0v) is 12.3. The molecule has 19 heavy (non-hydrogen) atoms. The Morgan fingerprint density at radius 1 is 1.37 bits per heavy atom. The van der Waals surface area contributed by atoms with Gasteiger partial charge in [-0.15, -0.1) is 0 Å². The summed E-state index contributed by atoms with van der Waals surface area (Å²) in [5, 5.41) is 0.208. The van der Waals surface area contributed by atoms with E-state index in [9.17, 15) is 8.42 Å². The van der Waals surface area contributed by atoms with Crippen LogP contribution in [0.4, 0.5) is 0 Å². The van der Waals surface area contributed by atoms with Crippen LogP contribution in [-0.4, -0.2) is 18.0 Å². The predicted molar refractivity (Wildman–Crippen MR) is 73.7 cm³/mol. The summed E-state index contributed by atoms with van der Waals surface area (Å²) in [6.07, 6.45) is 3.32. The average Bonchev–Trinajstić information content (AvgIpc) is 2.76. The van der Waals surface area contributed by atoms with Crippen LogP contribution in [0.2, 0.25) is 10.0 Å². The van der Waals surface area contributed by atoms with Gasteiger partial charge < -0.3 is 4.57 Å². The summed E-state index contributed by atoms with van der Waals surface area (Å²) >= 11 is 11.7. The third kappa shape index (κ3) is 3.27. The molecule has 1 heterocycles. The maximum Gasteiger partial charge on any atom is 0.242 e. The molecule has 2 aromatic rings. The van der Waals surface area contributed by atoms with Crippen molar-refractivity contribution >= 4 is 33.2 Å². The van der Waals surface area contributed by atoms with Crippen LogP contribution in [-0.2, 0) is 23.6 Å². The highest BCUT2D eigenvalue weighted by molar-refractivity contribution is 7.89. The van der Waals surface area contributed by atoms with Crippen molar-refractivity contribution in [2.75, 3.05) is 0 Å². The third-order valence-corrected chi connectivity index (χ3v) is 4.78. The van der Waals surface area contributed by atoms with E-state index in [-0.39, 0.29) is 21.5 Å². The molecule has 0 saturated heterocycles. The molecule has 102 valence electrons. The number of benzene rings is 1. The fourth-order valence-corrected chi connectivity index (χ4v) is 3.25. The molecule has 0 saturated carbocycles. The van der Waals surface area contributed by atoms with Crippen molar-refractivity contribution in [3.63, 3.8) is 0 Å². The second-order valence-corrected chi connectivity index (χ2v) is 6.43. The number of nitrogens with zero attached hydrogens (tertiary/aromatic N) is 2. The van der Waals surface area contributed by atoms with Crippen molar-refractivity contribution < 1.29 is 8.42 Å². The Balaban J connectivity index is 2.21. The molecule has 8 heteroatoms. The van der Waals surface area contributed by atoms with E-state index < -0.39 is 10.0 Å². The highest BCUT2D eigenvalue weighted by atomic mass is 35.5. The number of imidazole rings is 1. The van der Waals surface area contributed by atoms with E-state index in [1.807, 2.05) is 0 Å². The fraction of sp³-hybridized carbons (Fsp3) is 0.182. The Kier molecular flexibility index (Phi) is 4.15. The molecule has 2 rings (SSSR count). The smallest absolute Gasteiger partial charge is 0.242 e. The second-order valence-electron chi connectivity index (χ2n) is 3.91. The van der Waals surface area contributed by atoms with Gasteiger partial charge in [-0.25, -0.2) is 18.1 Å². The minimum Gasteiger partial charge on any atom is -0.340 e. The van der Waals surface area contributed by atoms with Crippen molar-refractivity contribution in [2.45, 2.75) is 11.4 Å². The van der Waals surface area contributed by atoms with Gasteiger partial charge in [-0.05, 0) is 12.1 Å². The lowest BCUT2D eigenvalue weighted by Gasteiger charge is -2.08. The Morgan fingerprint density at radius 3 is 2.74 bits per heavy atom. The lowest BCUT2D eigenvalue weighted by molar-refractivity contribution is 0.580. The molecule has 1 N–H and O–H groups in total. The van der Waals surface area contributed by atoms with Crippen molar-refractivity contribution in [1.29, 1.82) is 0 Å². The summed E-state index contributed by atoms with van der Waals surface area (Å²) < 4.78 is 28.4. The lowest BCUT2D eigenvalue weighted by atomic mass is 10.4. The summed E-state index contributed by atoms with van der Waals surface area (Å²) in [5.74, 6) is 0. The van der Waals surface area contributed by atoms with Crippen LogP contribution in [0.1, 0.15) is 5.69 Å². The van der Waals surface area contributed by atoms with Gasteiger partial charge in [0.2, 0.25) is 10.0 Å². The number of sulfonamides is 1. The number of hydrogen-bond acceptors (Lipinski definition) is 3.